The van der Waals surface area contributed by atoms with Gasteiger partial charge in [0.2, 0.25) is 0 Å². The van der Waals surface area contributed by atoms with Crippen LogP contribution in [-0.4, -0.2) is 11.0 Å². The average Bonchev–Trinajstić information content (AvgIpc) is 3.48. The molecular formula is C33H26N2S. The first-order valence-corrected chi connectivity index (χ1v) is 13.8. The van der Waals surface area contributed by atoms with E-state index in [0.717, 1.165) is 11.3 Å². The highest BCUT2D eigenvalue weighted by molar-refractivity contribution is 8.03. The third kappa shape index (κ3) is 3.09. The summed E-state index contributed by atoms with van der Waals surface area (Å²) in [5.74, 6) is 1.94. The normalized spacial score (nSPS) is 23.6. The third-order valence-electron chi connectivity index (χ3n) is 8.22. The van der Waals surface area contributed by atoms with Gasteiger partial charge in [-0.1, -0.05) is 78.5 Å². The average molecular weight is 483 g/mol. The van der Waals surface area contributed by atoms with Crippen LogP contribution in [-0.2, 0) is 0 Å². The Morgan fingerprint density at radius 1 is 0.889 bits per heavy atom. The number of pyridine rings is 1. The van der Waals surface area contributed by atoms with Gasteiger partial charge < -0.3 is 4.90 Å². The summed E-state index contributed by atoms with van der Waals surface area (Å²) in [5, 5.41) is 1.18. The van der Waals surface area contributed by atoms with Crippen molar-refractivity contribution in [3.63, 3.8) is 0 Å². The number of benzene rings is 3. The molecule has 0 saturated heterocycles. The van der Waals surface area contributed by atoms with Crippen molar-refractivity contribution in [3.05, 3.63) is 125 Å². The number of para-hydroxylation sites is 2. The van der Waals surface area contributed by atoms with Crippen molar-refractivity contribution < 1.29 is 0 Å². The first-order valence-electron chi connectivity index (χ1n) is 13.0. The zero-order chi connectivity index (χ0) is 23.6. The molecular weight excluding hydrogens is 456 g/mol. The van der Waals surface area contributed by atoms with Gasteiger partial charge in [0.1, 0.15) is 5.82 Å². The molecule has 0 radical (unpaired) electrons. The summed E-state index contributed by atoms with van der Waals surface area (Å²) in [6.07, 6.45) is 13.5. The number of nitrogens with zero attached hydrogens (tertiary/aromatic N) is 2. The van der Waals surface area contributed by atoms with Crippen molar-refractivity contribution in [1.29, 1.82) is 0 Å². The van der Waals surface area contributed by atoms with Gasteiger partial charge in [0, 0.05) is 27.8 Å². The van der Waals surface area contributed by atoms with Crippen molar-refractivity contribution in [2.45, 2.75) is 42.0 Å². The zero-order valence-electron chi connectivity index (χ0n) is 20.0. The second-order valence-corrected chi connectivity index (χ2v) is 11.3. The lowest BCUT2D eigenvalue weighted by molar-refractivity contribution is 0.647. The lowest BCUT2D eigenvalue weighted by Gasteiger charge is -2.29. The summed E-state index contributed by atoms with van der Waals surface area (Å²) in [5.41, 5.74) is 7.90. The lowest BCUT2D eigenvalue weighted by Crippen LogP contribution is -2.29. The van der Waals surface area contributed by atoms with E-state index in [1.165, 1.54) is 57.5 Å². The Hall–Kier alpha value is -3.56. The molecule has 0 bridgehead atoms. The van der Waals surface area contributed by atoms with E-state index in [4.69, 9.17) is 4.98 Å². The Balaban J connectivity index is 1.19. The summed E-state index contributed by atoms with van der Waals surface area (Å²) in [7, 11) is 0. The fourth-order valence-corrected chi connectivity index (χ4v) is 7.79. The van der Waals surface area contributed by atoms with Crippen LogP contribution < -0.4 is 4.90 Å². The minimum Gasteiger partial charge on any atom is -0.318 e. The molecule has 3 unspecified atom stereocenters. The van der Waals surface area contributed by atoms with E-state index in [2.05, 4.69) is 108 Å². The minimum atomic E-state index is 0.234. The van der Waals surface area contributed by atoms with Gasteiger partial charge in [0.25, 0.3) is 0 Å². The van der Waals surface area contributed by atoms with Gasteiger partial charge >= 0.3 is 0 Å². The Bertz CT molecular complexity index is 1630. The van der Waals surface area contributed by atoms with Crippen molar-refractivity contribution in [1.82, 2.24) is 4.98 Å². The fourth-order valence-electron chi connectivity index (χ4n) is 6.49. The van der Waals surface area contributed by atoms with E-state index in [1.807, 2.05) is 11.8 Å². The Kier molecular flexibility index (Phi) is 4.57. The zero-order valence-corrected chi connectivity index (χ0v) is 20.8. The van der Waals surface area contributed by atoms with E-state index in [-0.39, 0.29) is 6.04 Å². The van der Waals surface area contributed by atoms with Crippen LogP contribution in [0.3, 0.4) is 0 Å². The molecule has 0 fully saturated rings. The van der Waals surface area contributed by atoms with Crippen molar-refractivity contribution in [3.8, 4) is 0 Å². The molecule has 3 heterocycles. The first-order chi connectivity index (χ1) is 17.8. The fraction of sp³-hybridized carbons (Fsp3) is 0.182. The molecule has 3 heteroatoms. The molecule has 8 rings (SSSR count). The van der Waals surface area contributed by atoms with Gasteiger partial charge in [-0.05, 0) is 82.8 Å². The topological polar surface area (TPSA) is 16.1 Å². The molecule has 1 aromatic heterocycles. The highest BCUT2D eigenvalue weighted by Gasteiger charge is 2.39. The number of rotatable bonds is 2. The molecule has 0 saturated carbocycles. The quantitative estimate of drug-likeness (QED) is 0.284. The Morgan fingerprint density at radius 2 is 1.81 bits per heavy atom. The number of aromatic nitrogens is 1. The Labute approximate surface area is 216 Å². The number of anilines is 2. The Morgan fingerprint density at radius 3 is 2.81 bits per heavy atom. The molecule has 0 spiro atoms. The summed E-state index contributed by atoms with van der Waals surface area (Å²) < 4.78 is 0. The molecule has 2 aliphatic heterocycles. The molecule has 2 aliphatic carbocycles. The maximum Gasteiger partial charge on any atom is 0.134 e. The SMILES string of the molecule is C1=CC2C(C=C1c1ccc3c(c1)C1CCCC=C1S3)c1ccccc1N2c1ccc2ccccc2n1. The number of allylic oxidation sites excluding steroid dienone is 4. The predicted molar refractivity (Wildman–Crippen MR) is 151 cm³/mol. The smallest absolute Gasteiger partial charge is 0.134 e. The summed E-state index contributed by atoms with van der Waals surface area (Å²) in [6.45, 7) is 0. The van der Waals surface area contributed by atoms with E-state index in [1.54, 1.807) is 4.91 Å². The molecule has 2 nitrogen and oxygen atoms in total. The van der Waals surface area contributed by atoms with Gasteiger partial charge in [-0.2, -0.15) is 0 Å². The van der Waals surface area contributed by atoms with Crippen LogP contribution in [0.25, 0.3) is 16.5 Å². The first kappa shape index (κ1) is 20.6. The highest BCUT2D eigenvalue weighted by Crippen LogP contribution is 2.54. The highest BCUT2D eigenvalue weighted by atomic mass is 32.2. The summed E-state index contributed by atoms with van der Waals surface area (Å²) in [4.78, 5) is 10.5. The lowest BCUT2D eigenvalue weighted by atomic mass is 9.84. The van der Waals surface area contributed by atoms with E-state index in [9.17, 15) is 0 Å². The van der Waals surface area contributed by atoms with Crippen molar-refractivity contribution >= 4 is 39.7 Å². The standard InChI is InChI=1S/C33H26N2S/c1-4-10-28-21(7-1)15-18-33(34-28)35-29-11-5-2-8-24(29)26-19-22(13-16-30(26)35)23-14-17-32-27(20-23)25-9-3-6-12-31(25)36-32/h1-2,4-5,7-8,10-20,25-26,30H,3,6,9H2. The second kappa shape index (κ2) is 7.97. The number of hydrogen-bond donors (Lipinski definition) is 0. The molecule has 4 aromatic rings. The van der Waals surface area contributed by atoms with Gasteiger partial charge in [-0.15, -0.1) is 0 Å². The van der Waals surface area contributed by atoms with Crippen LogP contribution in [0, 0.1) is 0 Å². The summed E-state index contributed by atoms with van der Waals surface area (Å²) in [6, 6.07) is 29.0. The van der Waals surface area contributed by atoms with Crippen LogP contribution in [0.5, 0.6) is 0 Å². The van der Waals surface area contributed by atoms with Gasteiger partial charge in [-0.25, -0.2) is 4.98 Å². The number of thioether (sulfide) groups is 1. The van der Waals surface area contributed by atoms with E-state index in [0.29, 0.717) is 11.8 Å². The maximum absolute atomic E-state index is 5.07. The van der Waals surface area contributed by atoms with Crippen molar-refractivity contribution in [2.75, 3.05) is 4.90 Å². The molecule has 0 amide bonds. The van der Waals surface area contributed by atoms with Crippen LogP contribution >= 0.6 is 11.8 Å². The van der Waals surface area contributed by atoms with Crippen LogP contribution in [0.2, 0.25) is 0 Å². The molecule has 36 heavy (non-hydrogen) atoms. The summed E-state index contributed by atoms with van der Waals surface area (Å²) >= 11 is 1.99. The van der Waals surface area contributed by atoms with Crippen LogP contribution in [0.1, 0.15) is 47.8 Å². The predicted octanol–water partition coefficient (Wildman–Crippen LogP) is 8.75. The number of hydrogen-bond acceptors (Lipinski definition) is 3. The largest absolute Gasteiger partial charge is 0.318 e. The molecule has 3 aromatic carbocycles. The minimum absolute atomic E-state index is 0.234. The monoisotopic (exact) mass is 482 g/mol. The van der Waals surface area contributed by atoms with Crippen LogP contribution in [0.4, 0.5) is 11.5 Å². The molecule has 4 aliphatic rings. The molecule has 3 atom stereocenters. The van der Waals surface area contributed by atoms with Crippen LogP contribution in [0.15, 0.2) is 113 Å². The molecule has 174 valence electrons. The van der Waals surface area contributed by atoms with Gasteiger partial charge in [0.05, 0.1) is 11.6 Å². The second-order valence-electron chi connectivity index (χ2n) is 10.2. The van der Waals surface area contributed by atoms with Gasteiger partial charge in [0.15, 0.2) is 0 Å². The van der Waals surface area contributed by atoms with E-state index >= 15 is 0 Å². The molecule has 0 N–H and O–H groups in total. The van der Waals surface area contributed by atoms with Gasteiger partial charge in [-0.3, -0.25) is 0 Å². The van der Waals surface area contributed by atoms with E-state index < -0.39 is 0 Å². The van der Waals surface area contributed by atoms with Crippen molar-refractivity contribution in [2.24, 2.45) is 0 Å². The third-order valence-corrected chi connectivity index (χ3v) is 9.49. The number of fused-ring (bicyclic) bond motifs is 7. The maximum atomic E-state index is 5.07.